The fourth-order valence-electron chi connectivity index (χ4n) is 1.06. The van der Waals surface area contributed by atoms with E-state index in [9.17, 15) is 5.11 Å². The molecule has 2 atom stereocenters. The molecule has 0 aromatic carbocycles. The maximum Gasteiger partial charge on any atom is 0.0613 e. The first kappa shape index (κ1) is 11.4. The van der Waals surface area contributed by atoms with Crippen LogP contribution in [0.4, 0.5) is 0 Å². The zero-order valence-electron chi connectivity index (χ0n) is 7.18. The first-order valence-electron chi connectivity index (χ1n) is 3.95. The first-order chi connectivity index (χ1) is 5.10. The summed E-state index contributed by atoms with van der Waals surface area (Å²) in [5.41, 5.74) is -0.335. The molecule has 0 radical (unpaired) electrons. The minimum absolute atomic E-state index is 0.0492. The fourth-order valence-corrected chi connectivity index (χ4v) is 1.97. The average molecular weight is 225 g/mol. The molecule has 68 valence electrons. The van der Waals surface area contributed by atoms with Crippen molar-refractivity contribution < 1.29 is 10.2 Å². The van der Waals surface area contributed by atoms with Crippen LogP contribution in [0, 0.1) is 5.41 Å². The fraction of sp³-hybridized carbons (Fsp3) is 1.00. The number of aliphatic hydroxyl groups is 2. The molecular formula is C8H17BrO2. The molecule has 2 unspecified atom stereocenters. The zero-order chi connectivity index (χ0) is 8.91. The molecule has 0 heterocycles. The van der Waals surface area contributed by atoms with Gasteiger partial charge in [0, 0.05) is 10.7 Å². The Morgan fingerprint density at radius 3 is 2.36 bits per heavy atom. The second kappa shape index (κ2) is 5.12. The van der Waals surface area contributed by atoms with Crippen LogP contribution in [0.5, 0.6) is 0 Å². The summed E-state index contributed by atoms with van der Waals surface area (Å²) in [5, 5.41) is 19.4. The Labute approximate surface area is 76.7 Å². The van der Waals surface area contributed by atoms with E-state index in [2.05, 4.69) is 15.9 Å². The van der Waals surface area contributed by atoms with Crippen molar-refractivity contribution >= 4 is 15.9 Å². The van der Waals surface area contributed by atoms with Gasteiger partial charge in [-0.3, -0.25) is 0 Å². The summed E-state index contributed by atoms with van der Waals surface area (Å²) in [6, 6.07) is 0. The summed E-state index contributed by atoms with van der Waals surface area (Å²) < 4.78 is 0. The van der Waals surface area contributed by atoms with Crippen molar-refractivity contribution in [3.8, 4) is 0 Å². The molecule has 2 nitrogen and oxygen atoms in total. The summed E-state index contributed by atoms with van der Waals surface area (Å²) in [7, 11) is 0. The monoisotopic (exact) mass is 224 g/mol. The number of aliphatic hydroxyl groups excluding tert-OH is 2. The minimum Gasteiger partial charge on any atom is -0.396 e. The molecule has 0 amide bonds. The van der Waals surface area contributed by atoms with Gasteiger partial charge in [0.2, 0.25) is 0 Å². The quantitative estimate of drug-likeness (QED) is 0.697. The van der Waals surface area contributed by atoms with Gasteiger partial charge in [-0.2, -0.15) is 0 Å². The third kappa shape index (κ3) is 3.09. The van der Waals surface area contributed by atoms with Crippen molar-refractivity contribution in [3.63, 3.8) is 0 Å². The van der Waals surface area contributed by atoms with E-state index < -0.39 is 6.10 Å². The molecule has 0 aliphatic heterocycles. The minimum atomic E-state index is -0.398. The smallest absolute Gasteiger partial charge is 0.0613 e. The molecule has 11 heavy (non-hydrogen) atoms. The van der Waals surface area contributed by atoms with Gasteiger partial charge in [-0.05, 0) is 12.8 Å². The van der Waals surface area contributed by atoms with E-state index in [1.54, 1.807) is 0 Å². The lowest BCUT2D eigenvalue weighted by Crippen LogP contribution is -2.35. The highest BCUT2D eigenvalue weighted by Gasteiger charge is 2.30. The molecule has 0 bridgehead atoms. The third-order valence-corrected chi connectivity index (χ3v) is 2.61. The van der Waals surface area contributed by atoms with Crippen molar-refractivity contribution in [1.82, 2.24) is 0 Å². The number of alkyl halides is 1. The maximum absolute atomic E-state index is 9.53. The van der Waals surface area contributed by atoms with Crippen LogP contribution in [0.15, 0.2) is 0 Å². The highest BCUT2D eigenvalue weighted by atomic mass is 79.9. The predicted octanol–water partition coefficient (Wildman–Crippen LogP) is 1.54. The van der Waals surface area contributed by atoms with E-state index in [1.807, 2.05) is 13.8 Å². The van der Waals surface area contributed by atoms with E-state index in [0.29, 0.717) is 6.42 Å². The van der Waals surface area contributed by atoms with E-state index in [4.69, 9.17) is 5.11 Å². The summed E-state index contributed by atoms with van der Waals surface area (Å²) in [4.78, 5) is 0. The van der Waals surface area contributed by atoms with E-state index >= 15 is 0 Å². The number of hydrogen-bond acceptors (Lipinski definition) is 2. The first-order valence-corrected chi connectivity index (χ1v) is 5.07. The van der Waals surface area contributed by atoms with E-state index in [0.717, 1.165) is 11.8 Å². The third-order valence-electron chi connectivity index (χ3n) is 2.22. The highest BCUT2D eigenvalue weighted by molar-refractivity contribution is 9.09. The number of halogens is 1. The Kier molecular flexibility index (Phi) is 5.30. The summed E-state index contributed by atoms with van der Waals surface area (Å²) in [6.07, 6.45) is 1.10. The second-order valence-electron chi connectivity index (χ2n) is 3.18. The molecule has 3 heteroatoms. The lowest BCUT2D eigenvalue weighted by atomic mass is 9.81. The average Bonchev–Trinajstić information content (AvgIpc) is 2.03. The van der Waals surface area contributed by atoms with Crippen LogP contribution >= 0.6 is 15.9 Å². The van der Waals surface area contributed by atoms with Crippen molar-refractivity contribution in [2.24, 2.45) is 5.41 Å². The van der Waals surface area contributed by atoms with Crippen LogP contribution in [-0.2, 0) is 0 Å². The van der Waals surface area contributed by atoms with Crippen LogP contribution in [0.2, 0.25) is 0 Å². The molecule has 0 aliphatic carbocycles. The lowest BCUT2D eigenvalue weighted by molar-refractivity contribution is -0.00856. The lowest BCUT2D eigenvalue weighted by Gasteiger charge is -2.31. The largest absolute Gasteiger partial charge is 0.396 e. The predicted molar refractivity (Wildman–Crippen MR) is 49.9 cm³/mol. The van der Waals surface area contributed by atoms with Crippen molar-refractivity contribution in [3.05, 3.63) is 0 Å². The van der Waals surface area contributed by atoms with Gasteiger partial charge in [-0.1, -0.05) is 29.8 Å². The molecule has 0 saturated heterocycles. The van der Waals surface area contributed by atoms with Gasteiger partial charge >= 0.3 is 0 Å². The molecular weight excluding hydrogens is 208 g/mol. The Balaban J connectivity index is 4.07. The van der Waals surface area contributed by atoms with Crippen molar-refractivity contribution in [2.45, 2.75) is 32.8 Å². The van der Waals surface area contributed by atoms with Gasteiger partial charge in [0.05, 0.1) is 12.7 Å². The Hall–Kier alpha value is 0.400. The highest BCUT2D eigenvalue weighted by Crippen LogP contribution is 2.27. The molecule has 0 aromatic heterocycles. The van der Waals surface area contributed by atoms with E-state index in [-0.39, 0.29) is 12.0 Å². The van der Waals surface area contributed by atoms with Gasteiger partial charge in [-0.15, -0.1) is 0 Å². The van der Waals surface area contributed by atoms with Crippen molar-refractivity contribution in [1.29, 1.82) is 0 Å². The van der Waals surface area contributed by atoms with Gasteiger partial charge in [-0.25, -0.2) is 0 Å². The molecule has 0 rings (SSSR count). The van der Waals surface area contributed by atoms with Crippen LogP contribution in [0.3, 0.4) is 0 Å². The summed E-state index contributed by atoms with van der Waals surface area (Å²) in [5.74, 6) is 0. The van der Waals surface area contributed by atoms with Gasteiger partial charge < -0.3 is 10.2 Å². The maximum atomic E-state index is 9.53. The van der Waals surface area contributed by atoms with E-state index in [1.165, 1.54) is 0 Å². The van der Waals surface area contributed by atoms with Crippen LogP contribution in [-0.4, -0.2) is 28.3 Å². The van der Waals surface area contributed by atoms with Crippen LogP contribution in [0.1, 0.15) is 26.7 Å². The molecule has 0 aromatic rings. The molecule has 0 saturated carbocycles. The molecule has 0 aliphatic rings. The van der Waals surface area contributed by atoms with Gasteiger partial charge in [0.25, 0.3) is 0 Å². The van der Waals surface area contributed by atoms with Crippen molar-refractivity contribution in [2.75, 3.05) is 11.9 Å². The second-order valence-corrected chi connectivity index (χ2v) is 3.97. The topological polar surface area (TPSA) is 40.5 Å². The number of rotatable bonds is 5. The SMILES string of the molecule is CCC(O)C(C)(CO)CCBr. The Morgan fingerprint density at radius 1 is 1.55 bits per heavy atom. The van der Waals surface area contributed by atoms with Gasteiger partial charge in [0.1, 0.15) is 0 Å². The Bertz CT molecular complexity index is 108. The molecule has 0 fully saturated rings. The standard InChI is InChI=1S/C8H17BrO2/c1-3-7(11)8(2,6-10)4-5-9/h7,10-11H,3-6H2,1-2H3. The van der Waals surface area contributed by atoms with Gasteiger partial charge in [0.15, 0.2) is 0 Å². The molecule has 0 spiro atoms. The Morgan fingerprint density at radius 2 is 2.09 bits per heavy atom. The summed E-state index contributed by atoms with van der Waals surface area (Å²) >= 11 is 3.30. The summed E-state index contributed by atoms with van der Waals surface area (Å²) in [6.45, 7) is 3.88. The zero-order valence-corrected chi connectivity index (χ0v) is 8.76. The van der Waals surface area contributed by atoms with Crippen LogP contribution in [0.25, 0.3) is 0 Å². The normalized spacial score (nSPS) is 19.4. The number of hydrogen-bond donors (Lipinski definition) is 2. The molecule has 2 N–H and O–H groups in total. The van der Waals surface area contributed by atoms with Crippen LogP contribution < -0.4 is 0 Å².